The first-order valence-corrected chi connectivity index (χ1v) is 7.12. The Bertz CT molecular complexity index is 657. The average molecular weight is 296 g/mol. The van der Waals surface area contributed by atoms with Crippen molar-refractivity contribution in [2.24, 2.45) is 0 Å². The minimum absolute atomic E-state index is 0.0732. The lowest BCUT2D eigenvalue weighted by Gasteiger charge is -2.22. The zero-order chi connectivity index (χ0) is 15.9. The molecule has 0 bridgehead atoms. The predicted octanol–water partition coefficient (Wildman–Crippen LogP) is 1.44. The minimum atomic E-state index is -0.256. The number of terminal acetylenes is 1. The van der Waals surface area contributed by atoms with Gasteiger partial charge < -0.3 is 5.32 Å². The van der Waals surface area contributed by atoms with Gasteiger partial charge in [0, 0.05) is 18.3 Å². The number of carbonyl (C=O) groups excluding carboxylic acids is 1. The molecule has 22 heavy (non-hydrogen) atoms. The topological polar surface area (TPSA) is 50.2 Å². The van der Waals surface area contributed by atoms with Crippen molar-refractivity contribution >= 4 is 5.91 Å². The van der Waals surface area contributed by atoms with Crippen LogP contribution in [-0.2, 0) is 11.3 Å². The molecule has 1 aromatic heterocycles. The zero-order valence-corrected chi connectivity index (χ0v) is 12.9. The van der Waals surface area contributed by atoms with E-state index < -0.39 is 0 Å². The third-order valence-corrected chi connectivity index (χ3v) is 3.49. The first-order chi connectivity index (χ1) is 10.6. The van der Waals surface area contributed by atoms with E-state index in [9.17, 15) is 4.79 Å². The van der Waals surface area contributed by atoms with E-state index in [4.69, 9.17) is 6.42 Å². The summed E-state index contributed by atoms with van der Waals surface area (Å²) in [5.74, 6) is 2.33. The highest BCUT2D eigenvalue weighted by Crippen LogP contribution is 2.10. The average Bonchev–Trinajstić information content (AvgIpc) is 3.01. The fraction of sp³-hybridized carbons (Fsp3) is 0.294. The van der Waals surface area contributed by atoms with E-state index in [1.807, 2.05) is 66.3 Å². The van der Waals surface area contributed by atoms with E-state index in [0.29, 0.717) is 6.54 Å². The molecule has 0 saturated carbocycles. The van der Waals surface area contributed by atoms with Gasteiger partial charge in [-0.1, -0.05) is 24.1 Å². The third-order valence-electron chi connectivity index (χ3n) is 3.49. The van der Waals surface area contributed by atoms with Crippen LogP contribution in [0.2, 0.25) is 0 Å². The minimum Gasteiger partial charge on any atom is -0.344 e. The van der Waals surface area contributed by atoms with Crippen molar-refractivity contribution in [2.75, 3.05) is 13.6 Å². The van der Waals surface area contributed by atoms with Gasteiger partial charge >= 0.3 is 0 Å². The molecule has 5 nitrogen and oxygen atoms in total. The van der Waals surface area contributed by atoms with Crippen molar-refractivity contribution in [1.82, 2.24) is 20.0 Å². The van der Waals surface area contributed by atoms with Gasteiger partial charge in [-0.2, -0.15) is 5.10 Å². The molecule has 0 fully saturated rings. The Labute approximate surface area is 130 Å². The van der Waals surface area contributed by atoms with Gasteiger partial charge in [0.2, 0.25) is 5.91 Å². The Morgan fingerprint density at radius 2 is 2.18 bits per heavy atom. The second-order valence-electron chi connectivity index (χ2n) is 5.14. The van der Waals surface area contributed by atoms with Crippen molar-refractivity contribution in [3.63, 3.8) is 0 Å². The van der Waals surface area contributed by atoms with Gasteiger partial charge in [-0.15, -0.1) is 6.42 Å². The largest absolute Gasteiger partial charge is 0.344 e. The fourth-order valence-electron chi connectivity index (χ4n) is 2.07. The van der Waals surface area contributed by atoms with E-state index in [0.717, 1.165) is 11.3 Å². The normalized spacial score (nSPS) is 11.9. The van der Waals surface area contributed by atoms with Crippen LogP contribution < -0.4 is 5.32 Å². The monoisotopic (exact) mass is 296 g/mol. The molecule has 1 amide bonds. The number of hydrogen-bond donors (Lipinski definition) is 1. The Morgan fingerprint density at radius 3 is 2.86 bits per heavy atom. The van der Waals surface area contributed by atoms with E-state index in [-0.39, 0.29) is 18.5 Å². The number of carbonyl (C=O) groups is 1. The second-order valence-corrected chi connectivity index (χ2v) is 5.14. The van der Waals surface area contributed by atoms with Gasteiger partial charge in [-0.3, -0.25) is 9.69 Å². The van der Waals surface area contributed by atoms with Gasteiger partial charge in [0.15, 0.2) is 0 Å². The van der Waals surface area contributed by atoms with Crippen molar-refractivity contribution in [2.45, 2.75) is 19.5 Å². The molecule has 114 valence electrons. The second kappa shape index (κ2) is 7.43. The molecule has 2 aromatic rings. The Kier molecular flexibility index (Phi) is 5.34. The summed E-state index contributed by atoms with van der Waals surface area (Å²) in [5, 5.41) is 7.05. The summed E-state index contributed by atoms with van der Waals surface area (Å²) in [6.45, 7) is 2.74. The van der Waals surface area contributed by atoms with Crippen LogP contribution in [0.3, 0.4) is 0 Å². The van der Waals surface area contributed by atoms with Crippen LogP contribution in [0.5, 0.6) is 0 Å². The Morgan fingerprint density at radius 1 is 1.45 bits per heavy atom. The third kappa shape index (κ3) is 3.96. The summed E-state index contributed by atoms with van der Waals surface area (Å²) in [6, 6.07) is 9.65. The molecule has 5 heteroatoms. The van der Waals surface area contributed by atoms with E-state index in [1.54, 1.807) is 0 Å². The summed E-state index contributed by atoms with van der Waals surface area (Å²) in [4.78, 5) is 13.8. The van der Waals surface area contributed by atoms with Gasteiger partial charge in [-0.05, 0) is 26.1 Å². The van der Waals surface area contributed by atoms with Gasteiger partial charge in [-0.25, -0.2) is 4.68 Å². The maximum absolute atomic E-state index is 11.9. The van der Waals surface area contributed by atoms with Crippen molar-refractivity contribution in [3.05, 3.63) is 48.3 Å². The van der Waals surface area contributed by atoms with Crippen LogP contribution in [0, 0.1) is 12.3 Å². The van der Waals surface area contributed by atoms with Gasteiger partial charge in [0.1, 0.15) is 0 Å². The maximum atomic E-state index is 11.9. The number of nitrogens with zero attached hydrogens (tertiary/aromatic N) is 3. The van der Waals surface area contributed by atoms with E-state index in [2.05, 4.69) is 16.3 Å². The van der Waals surface area contributed by atoms with E-state index in [1.165, 1.54) is 0 Å². The zero-order valence-electron chi connectivity index (χ0n) is 12.9. The number of aromatic nitrogens is 2. The molecule has 0 spiro atoms. The molecule has 1 N–H and O–H groups in total. The molecular formula is C17H20N4O. The standard InChI is InChI=1S/C17H20N4O/c1-4-10-18-17(22)14(2)20(3)12-15-11-19-21(13-15)16-8-6-5-7-9-16/h1,5-9,11,13-14H,10,12H2,2-3H3,(H,18,22). The number of benzene rings is 1. The Balaban J connectivity index is 1.98. The fourth-order valence-corrected chi connectivity index (χ4v) is 2.07. The number of likely N-dealkylation sites (N-methyl/N-ethyl adjacent to an activating group) is 1. The summed E-state index contributed by atoms with van der Waals surface area (Å²) in [5.41, 5.74) is 2.05. The van der Waals surface area contributed by atoms with Crippen LogP contribution >= 0.6 is 0 Å². The number of rotatable bonds is 6. The van der Waals surface area contributed by atoms with Gasteiger partial charge in [0.05, 0.1) is 24.5 Å². The Hall–Kier alpha value is -2.58. The molecule has 0 aliphatic heterocycles. The first kappa shape index (κ1) is 15.8. The van der Waals surface area contributed by atoms with Crippen LogP contribution in [0.25, 0.3) is 5.69 Å². The molecule has 1 aromatic carbocycles. The SMILES string of the molecule is C#CCNC(=O)C(C)N(C)Cc1cnn(-c2ccccc2)c1. The summed E-state index contributed by atoms with van der Waals surface area (Å²) >= 11 is 0. The van der Waals surface area contributed by atoms with Crippen molar-refractivity contribution < 1.29 is 4.79 Å². The number of nitrogens with one attached hydrogen (secondary N) is 1. The molecule has 1 unspecified atom stereocenters. The quantitative estimate of drug-likeness (QED) is 0.821. The number of para-hydroxylation sites is 1. The van der Waals surface area contributed by atoms with Crippen LogP contribution in [0.15, 0.2) is 42.7 Å². The lowest BCUT2D eigenvalue weighted by Crippen LogP contribution is -2.42. The molecule has 1 heterocycles. The molecule has 2 rings (SSSR count). The summed E-state index contributed by atoms with van der Waals surface area (Å²) < 4.78 is 1.83. The smallest absolute Gasteiger partial charge is 0.237 e. The highest BCUT2D eigenvalue weighted by molar-refractivity contribution is 5.81. The van der Waals surface area contributed by atoms with Crippen LogP contribution in [0.1, 0.15) is 12.5 Å². The van der Waals surface area contributed by atoms with Crippen molar-refractivity contribution in [3.8, 4) is 18.0 Å². The van der Waals surface area contributed by atoms with Crippen LogP contribution in [-0.4, -0.2) is 40.2 Å². The van der Waals surface area contributed by atoms with Gasteiger partial charge in [0.25, 0.3) is 0 Å². The van der Waals surface area contributed by atoms with Crippen molar-refractivity contribution in [1.29, 1.82) is 0 Å². The first-order valence-electron chi connectivity index (χ1n) is 7.12. The predicted molar refractivity (Wildman–Crippen MR) is 86.3 cm³/mol. The van der Waals surface area contributed by atoms with Crippen LogP contribution in [0.4, 0.5) is 0 Å². The number of amides is 1. The van der Waals surface area contributed by atoms with E-state index >= 15 is 0 Å². The molecule has 0 aliphatic carbocycles. The lowest BCUT2D eigenvalue weighted by molar-refractivity contribution is -0.125. The molecule has 0 radical (unpaired) electrons. The lowest BCUT2D eigenvalue weighted by atomic mass is 10.2. The molecule has 0 aliphatic rings. The summed E-state index contributed by atoms with van der Waals surface area (Å²) in [7, 11) is 1.90. The summed E-state index contributed by atoms with van der Waals surface area (Å²) in [6.07, 6.45) is 8.93. The maximum Gasteiger partial charge on any atom is 0.237 e. The molecule has 0 saturated heterocycles. The highest BCUT2D eigenvalue weighted by Gasteiger charge is 2.18. The molecule has 1 atom stereocenters. The molecular weight excluding hydrogens is 276 g/mol. The number of hydrogen-bond acceptors (Lipinski definition) is 3. The highest BCUT2D eigenvalue weighted by atomic mass is 16.2.